The minimum absolute atomic E-state index is 0.126. The van der Waals surface area contributed by atoms with E-state index in [1.807, 2.05) is 11.9 Å². The SMILES string of the molecule is CNC1(C)CCN(C(=O)c2cncs2)CC1. The molecule has 1 aromatic rings. The Kier molecular flexibility index (Phi) is 3.25. The summed E-state index contributed by atoms with van der Waals surface area (Å²) in [4.78, 5) is 18.6. The number of piperidine rings is 1. The van der Waals surface area contributed by atoms with Crippen LogP contribution < -0.4 is 5.32 Å². The van der Waals surface area contributed by atoms with Crippen molar-refractivity contribution in [1.82, 2.24) is 15.2 Å². The summed E-state index contributed by atoms with van der Waals surface area (Å²) in [5.41, 5.74) is 1.89. The molecule has 4 nitrogen and oxygen atoms in total. The highest BCUT2D eigenvalue weighted by molar-refractivity contribution is 7.11. The quantitative estimate of drug-likeness (QED) is 0.847. The van der Waals surface area contributed by atoms with E-state index in [1.54, 1.807) is 11.7 Å². The first-order valence-corrected chi connectivity index (χ1v) is 6.39. The van der Waals surface area contributed by atoms with E-state index in [1.165, 1.54) is 11.3 Å². The lowest BCUT2D eigenvalue weighted by atomic mass is 9.90. The van der Waals surface area contributed by atoms with Crippen LogP contribution in [0.1, 0.15) is 29.4 Å². The van der Waals surface area contributed by atoms with Crippen molar-refractivity contribution in [2.45, 2.75) is 25.3 Å². The largest absolute Gasteiger partial charge is 0.338 e. The third-order valence-electron chi connectivity index (χ3n) is 3.40. The molecule has 2 rings (SSSR count). The third-order valence-corrected chi connectivity index (χ3v) is 4.16. The average Bonchev–Trinajstić information content (AvgIpc) is 2.83. The van der Waals surface area contributed by atoms with Crippen LogP contribution >= 0.6 is 11.3 Å². The zero-order valence-electron chi connectivity index (χ0n) is 9.69. The van der Waals surface area contributed by atoms with E-state index < -0.39 is 0 Å². The second-order valence-corrected chi connectivity index (χ2v) is 5.35. The Hall–Kier alpha value is -0.940. The van der Waals surface area contributed by atoms with E-state index in [2.05, 4.69) is 17.2 Å². The molecule has 0 saturated carbocycles. The van der Waals surface area contributed by atoms with Gasteiger partial charge in [-0.3, -0.25) is 9.78 Å². The molecule has 0 atom stereocenters. The van der Waals surface area contributed by atoms with Gasteiger partial charge in [0.15, 0.2) is 0 Å². The fourth-order valence-electron chi connectivity index (χ4n) is 1.93. The summed E-state index contributed by atoms with van der Waals surface area (Å²) in [5, 5.41) is 3.33. The number of hydrogen-bond donors (Lipinski definition) is 1. The number of rotatable bonds is 2. The number of likely N-dealkylation sites (tertiary alicyclic amines) is 1. The molecular formula is C11H17N3OS. The van der Waals surface area contributed by atoms with Crippen molar-refractivity contribution in [3.8, 4) is 0 Å². The molecule has 1 amide bonds. The van der Waals surface area contributed by atoms with E-state index in [0.29, 0.717) is 0 Å². The lowest BCUT2D eigenvalue weighted by molar-refractivity contribution is 0.0666. The second-order valence-electron chi connectivity index (χ2n) is 4.47. The fraction of sp³-hybridized carbons (Fsp3) is 0.636. The molecule has 0 spiro atoms. The summed E-state index contributed by atoms with van der Waals surface area (Å²) < 4.78 is 0. The molecule has 0 unspecified atom stereocenters. The molecule has 2 heterocycles. The molecule has 16 heavy (non-hydrogen) atoms. The Morgan fingerprint density at radius 1 is 1.56 bits per heavy atom. The van der Waals surface area contributed by atoms with Gasteiger partial charge in [-0.25, -0.2) is 0 Å². The summed E-state index contributed by atoms with van der Waals surface area (Å²) in [7, 11) is 1.99. The van der Waals surface area contributed by atoms with E-state index in [0.717, 1.165) is 30.8 Å². The van der Waals surface area contributed by atoms with Crippen LogP contribution in [-0.2, 0) is 0 Å². The molecule has 88 valence electrons. The Morgan fingerprint density at radius 3 is 2.75 bits per heavy atom. The molecule has 0 radical (unpaired) electrons. The maximum atomic E-state index is 12.0. The van der Waals surface area contributed by atoms with Crippen molar-refractivity contribution in [3.05, 3.63) is 16.6 Å². The van der Waals surface area contributed by atoms with E-state index in [9.17, 15) is 4.79 Å². The minimum Gasteiger partial charge on any atom is -0.338 e. The van der Waals surface area contributed by atoms with Crippen LogP contribution in [0.2, 0.25) is 0 Å². The average molecular weight is 239 g/mol. The molecule has 1 aliphatic rings. The molecular weight excluding hydrogens is 222 g/mol. The van der Waals surface area contributed by atoms with Gasteiger partial charge >= 0.3 is 0 Å². The number of carbonyl (C=O) groups excluding carboxylic acids is 1. The Bertz CT molecular complexity index is 355. The smallest absolute Gasteiger partial charge is 0.265 e. The van der Waals surface area contributed by atoms with Crippen molar-refractivity contribution >= 4 is 17.2 Å². The summed E-state index contributed by atoms with van der Waals surface area (Å²) in [6, 6.07) is 0. The third kappa shape index (κ3) is 2.25. The highest BCUT2D eigenvalue weighted by Gasteiger charge is 2.30. The molecule has 5 heteroatoms. The molecule has 1 N–H and O–H groups in total. The van der Waals surface area contributed by atoms with Crippen LogP contribution in [0.25, 0.3) is 0 Å². The fourth-order valence-corrected chi connectivity index (χ4v) is 2.52. The number of hydrogen-bond acceptors (Lipinski definition) is 4. The minimum atomic E-state index is 0.126. The topological polar surface area (TPSA) is 45.2 Å². The monoisotopic (exact) mass is 239 g/mol. The lowest BCUT2D eigenvalue weighted by Gasteiger charge is -2.39. The van der Waals surface area contributed by atoms with Crippen molar-refractivity contribution < 1.29 is 4.79 Å². The van der Waals surface area contributed by atoms with Crippen LogP contribution in [0.5, 0.6) is 0 Å². The number of nitrogens with one attached hydrogen (secondary N) is 1. The summed E-state index contributed by atoms with van der Waals surface area (Å²) >= 11 is 1.41. The molecule has 1 saturated heterocycles. The maximum absolute atomic E-state index is 12.0. The van der Waals surface area contributed by atoms with Crippen LogP contribution in [0.3, 0.4) is 0 Å². The van der Waals surface area contributed by atoms with E-state index in [4.69, 9.17) is 0 Å². The van der Waals surface area contributed by atoms with E-state index >= 15 is 0 Å². The number of thiazole rings is 1. The molecule has 1 aromatic heterocycles. The zero-order chi connectivity index (χ0) is 11.6. The lowest BCUT2D eigenvalue weighted by Crippen LogP contribution is -2.51. The standard InChI is InChI=1S/C11H17N3OS/c1-11(12-2)3-5-14(6-4-11)10(15)9-7-13-8-16-9/h7-8,12H,3-6H2,1-2H3. The number of aromatic nitrogens is 1. The van der Waals surface area contributed by atoms with Gasteiger partial charge in [0.25, 0.3) is 5.91 Å². The second kappa shape index (κ2) is 4.51. The van der Waals surface area contributed by atoms with Gasteiger partial charge < -0.3 is 10.2 Å². The van der Waals surface area contributed by atoms with Gasteiger partial charge in [-0.15, -0.1) is 11.3 Å². The van der Waals surface area contributed by atoms with Gasteiger partial charge in [-0.1, -0.05) is 0 Å². The number of carbonyl (C=O) groups is 1. The number of amides is 1. The van der Waals surface area contributed by atoms with E-state index in [-0.39, 0.29) is 11.4 Å². The summed E-state index contributed by atoms with van der Waals surface area (Å²) in [6.45, 7) is 3.86. The highest BCUT2D eigenvalue weighted by Crippen LogP contribution is 2.22. The Labute approximate surface area is 99.7 Å². The van der Waals surface area contributed by atoms with Crippen LogP contribution in [-0.4, -0.2) is 41.5 Å². The molecule has 0 aliphatic carbocycles. The van der Waals surface area contributed by atoms with Gasteiger partial charge in [-0.05, 0) is 26.8 Å². The van der Waals surface area contributed by atoms with Gasteiger partial charge in [0.05, 0.1) is 11.7 Å². The van der Waals surface area contributed by atoms with Crippen molar-refractivity contribution in [2.75, 3.05) is 20.1 Å². The van der Waals surface area contributed by atoms with Gasteiger partial charge in [0.2, 0.25) is 0 Å². The van der Waals surface area contributed by atoms with Gasteiger partial charge in [0, 0.05) is 18.6 Å². The first-order chi connectivity index (χ1) is 7.64. The molecule has 0 aromatic carbocycles. The van der Waals surface area contributed by atoms with Crippen LogP contribution in [0.15, 0.2) is 11.7 Å². The van der Waals surface area contributed by atoms with Crippen molar-refractivity contribution in [1.29, 1.82) is 0 Å². The summed E-state index contributed by atoms with van der Waals surface area (Å²) in [6.07, 6.45) is 3.67. The predicted molar refractivity (Wildman–Crippen MR) is 64.7 cm³/mol. The van der Waals surface area contributed by atoms with Gasteiger partial charge in [0.1, 0.15) is 4.88 Å². The Balaban J connectivity index is 1.97. The van der Waals surface area contributed by atoms with Crippen molar-refractivity contribution in [2.24, 2.45) is 0 Å². The van der Waals surface area contributed by atoms with Crippen LogP contribution in [0, 0.1) is 0 Å². The normalized spacial score (nSPS) is 19.8. The molecule has 0 bridgehead atoms. The first kappa shape index (κ1) is 11.5. The van der Waals surface area contributed by atoms with Crippen LogP contribution in [0.4, 0.5) is 0 Å². The summed E-state index contributed by atoms with van der Waals surface area (Å²) in [5.74, 6) is 0.126. The van der Waals surface area contributed by atoms with Gasteiger partial charge in [-0.2, -0.15) is 0 Å². The number of nitrogens with zero attached hydrogens (tertiary/aromatic N) is 2. The zero-order valence-corrected chi connectivity index (χ0v) is 10.5. The first-order valence-electron chi connectivity index (χ1n) is 5.51. The Morgan fingerprint density at radius 2 is 2.25 bits per heavy atom. The predicted octanol–water partition coefficient (Wildman–Crippen LogP) is 1.36. The van der Waals surface area contributed by atoms with Crippen molar-refractivity contribution in [3.63, 3.8) is 0 Å². The highest BCUT2D eigenvalue weighted by atomic mass is 32.1. The molecule has 1 fully saturated rings. The molecule has 1 aliphatic heterocycles. The maximum Gasteiger partial charge on any atom is 0.265 e.